The zero-order valence-electron chi connectivity index (χ0n) is 9.32. The Balaban J connectivity index is -0.000000605. The van der Waals surface area contributed by atoms with Crippen molar-refractivity contribution in [3.8, 4) is 0 Å². The number of phosphoric ester groups is 1. The Bertz CT molecular complexity index is 151. The summed E-state index contributed by atoms with van der Waals surface area (Å²) in [7, 11) is -4.72. The fourth-order valence-electron chi connectivity index (χ4n) is 0.882. The molecule has 0 heterocycles. The molecule has 0 bridgehead atoms. The fraction of sp³-hybridized carbons (Fsp3) is 1.00. The summed E-state index contributed by atoms with van der Waals surface area (Å²) in [4.78, 5) is 19.9. The molecule has 0 aliphatic carbocycles. The van der Waals surface area contributed by atoms with Gasteiger partial charge in [-0.2, -0.15) is 0 Å². The monoisotopic (exact) mass is 272 g/mol. The van der Waals surface area contributed by atoms with Crippen molar-refractivity contribution in [1.29, 1.82) is 0 Å². The molecule has 0 saturated heterocycles. The van der Waals surface area contributed by atoms with Gasteiger partial charge in [-0.3, -0.25) is 0 Å². The van der Waals surface area contributed by atoms with Gasteiger partial charge in [0.25, 0.3) is 0 Å². The zero-order valence-corrected chi connectivity index (χ0v) is 16.5. The minimum atomic E-state index is -4.72. The second-order valence-corrected chi connectivity index (χ2v) is 3.85. The summed E-state index contributed by atoms with van der Waals surface area (Å²) in [6.45, 7) is 2.13. The zero-order chi connectivity index (χ0) is 9.45. The molecule has 0 N–H and O–H groups in total. The van der Waals surface area contributed by atoms with Crippen LogP contribution in [0.3, 0.4) is 0 Å². The van der Waals surface area contributed by atoms with E-state index in [2.05, 4.69) is 11.4 Å². The molecule has 0 saturated carbocycles. The third-order valence-corrected chi connectivity index (χ3v) is 2.00. The normalized spacial score (nSPS) is 10.2. The van der Waals surface area contributed by atoms with Crippen LogP contribution < -0.4 is 113 Å². The predicted molar refractivity (Wildman–Crippen MR) is 42.3 cm³/mol. The van der Waals surface area contributed by atoms with Crippen LogP contribution in [0.15, 0.2) is 0 Å². The van der Waals surface area contributed by atoms with Crippen molar-refractivity contribution in [1.82, 2.24) is 0 Å². The molecule has 0 atom stereocenters. The third kappa shape index (κ3) is 20.8. The van der Waals surface area contributed by atoms with E-state index in [1.807, 2.05) is 0 Å². The van der Waals surface area contributed by atoms with Crippen molar-refractivity contribution >= 4 is 7.82 Å². The summed E-state index contributed by atoms with van der Waals surface area (Å²) in [5.41, 5.74) is 0. The maximum atomic E-state index is 9.97. The van der Waals surface area contributed by atoms with Gasteiger partial charge in [-0.25, -0.2) is 0 Å². The number of unbranched alkanes of at least 4 members (excludes halogenated alkanes) is 4. The smallest absolute Gasteiger partial charge is 0.790 e. The molecule has 0 amide bonds. The van der Waals surface area contributed by atoms with Gasteiger partial charge in [0.15, 0.2) is 0 Å². The first kappa shape index (κ1) is 22.6. The summed E-state index contributed by atoms with van der Waals surface area (Å²) in [5, 5.41) is 0. The Morgan fingerprint density at radius 2 is 1.57 bits per heavy atom. The third-order valence-electron chi connectivity index (χ3n) is 1.50. The number of phosphoric acid groups is 1. The number of rotatable bonds is 7. The fourth-order valence-corrected chi connectivity index (χ4v) is 1.23. The molecular formula is C7H15K2O4P. The van der Waals surface area contributed by atoms with Crippen molar-refractivity contribution in [2.24, 2.45) is 0 Å². The van der Waals surface area contributed by atoms with Crippen molar-refractivity contribution in [2.45, 2.75) is 39.0 Å². The first-order valence-corrected chi connectivity index (χ1v) is 5.69. The van der Waals surface area contributed by atoms with Gasteiger partial charge >= 0.3 is 103 Å². The molecule has 0 radical (unpaired) electrons. The first-order valence-electron chi connectivity index (χ1n) is 4.23. The van der Waals surface area contributed by atoms with Crippen LogP contribution in [0.5, 0.6) is 0 Å². The van der Waals surface area contributed by atoms with E-state index in [9.17, 15) is 14.4 Å². The molecule has 7 heteroatoms. The molecule has 74 valence electrons. The summed E-state index contributed by atoms with van der Waals surface area (Å²) in [6, 6.07) is 0. The van der Waals surface area contributed by atoms with Crippen LogP contribution in [0.1, 0.15) is 39.0 Å². The van der Waals surface area contributed by atoms with Gasteiger partial charge in [-0.1, -0.05) is 32.6 Å². The summed E-state index contributed by atoms with van der Waals surface area (Å²) in [5.74, 6) is 0. The predicted octanol–water partition coefficient (Wildman–Crippen LogP) is -5.19. The Morgan fingerprint density at radius 3 is 2.00 bits per heavy atom. The first-order chi connectivity index (χ1) is 5.56. The molecule has 0 rings (SSSR count). The van der Waals surface area contributed by atoms with Crippen LogP contribution in [0, 0.1) is 0 Å². The molecule has 0 aliphatic heterocycles. The molecular weight excluding hydrogens is 257 g/mol. The van der Waals surface area contributed by atoms with E-state index in [1.54, 1.807) is 0 Å². The van der Waals surface area contributed by atoms with Crippen molar-refractivity contribution in [3.05, 3.63) is 0 Å². The Morgan fingerprint density at radius 1 is 1.07 bits per heavy atom. The largest absolute Gasteiger partial charge is 1.00 e. The van der Waals surface area contributed by atoms with E-state index in [-0.39, 0.29) is 109 Å². The average molecular weight is 272 g/mol. The van der Waals surface area contributed by atoms with Gasteiger partial charge in [-0.15, -0.1) is 0 Å². The van der Waals surface area contributed by atoms with Gasteiger partial charge in [-0.05, 0) is 6.42 Å². The standard InChI is InChI=1S/C7H17O4P.2K/c1-2-3-4-5-6-7-11-12(8,9)10;;/h2-7H2,1H3,(H2,8,9,10);;/q;2*+1/p-2. The van der Waals surface area contributed by atoms with Crippen LogP contribution in [-0.4, -0.2) is 6.61 Å². The summed E-state index contributed by atoms with van der Waals surface area (Å²) < 4.78 is 14.0. The number of hydrogen-bond donors (Lipinski definition) is 0. The van der Waals surface area contributed by atoms with Crippen LogP contribution in [0.2, 0.25) is 0 Å². The summed E-state index contributed by atoms with van der Waals surface area (Å²) in [6.07, 6.45) is 4.93. The Labute approximate surface area is 171 Å². The van der Waals surface area contributed by atoms with E-state index in [4.69, 9.17) is 0 Å². The van der Waals surface area contributed by atoms with Crippen LogP contribution in [-0.2, 0) is 9.09 Å². The van der Waals surface area contributed by atoms with Gasteiger partial charge in [0, 0.05) is 0 Å². The number of hydrogen-bond acceptors (Lipinski definition) is 4. The van der Waals surface area contributed by atoms with Gasteiger partial charge in [0.05, 0.1) is 14.4 Å². The molecule has 0 aliphatic rings. The molecule has 0 aromatic carbocycles. The van der Waals surface area contributed by atoms with Crippen molar-refractivity contribution in [2.75, 3.05) is 6.61 Å². The van der Waals surface area contributed by atoms with E-state index in [0.29, 0.717) is 6.42 Å². The maximum absolute atomic E-state index is 9.97. The SMILES string of the molecule is CCCCCCCOP(=O)([O-])[O-].[K+].[K+]. The van der Waals surface area contributed by atoms with Crippen LogP contribution in [0.25, 0.3) is 0 Å². The maximum Gasteiger partial charge on any atom is 1.00 e. The van der Waals surface area contributed by atoms with E-state index in [1.165, 1.54) is 0 Å². The van der Waals surface area contributed by atoms with Crippen molar-refractivity contribution in [3.63, 3.8) is 0 Å². The Kier molecular flexibility index (Phi) is 23.3. The van der Waals surface area contributed by atoms with Gasteiger partial charge in [0.2, 0.25) is 0 Å². The molecule has 0 spiro atoms. The second-order valence-electron chi connectivity index (χ2n) is 2.69. The molecule has 0 fully saturated rings. The topological polar surface area (TPSA) is 72.4 Å². The van der Waals surface area contributed by atoms with Crippen molar-refractivity contribution < 1.29 is 122 Å². The quantitative estimate of drug-likeness (QED) is 0.264. The van der Waals surface area contributed by atoms with Crippen LogP contribution in [0.4, 0.5) is 0 Å². The molecule has 0 aromatic rings. The van der Waals surface area contributed by atoms with Gasteiger partial charge < -0.3 is 18.9 Å². The average Bonchev–Trinajstić information content (AvgIpc) is 1.94. The molecule has 14 heavy (non-hydrogen) atoms. The molecule has 4 nitrogen and oxygen atoms in total. The van der Waals surface area contributed by atoms with E-state index in [0.717, 1.165) is 25.7 Å². The minimum Gasteiger partial charge on any atom is -0.790 e. The minimum absolute atomic E-state index is 0. The van der Waals surface area contributed by atoms with Crippen LogP contribution >= 0.6 is 7.82 Å². The molecule has 0 unspecified atom stereocenters. The second kappa shape index (κ2) is 14.4. The van der Waals surface area contributed by atoms with Gasteiger partial charge in [0.1, 0.15) is 0 Å². The van der Waals surface area contributed by atoms with E-state index >= 15 is 0 Å². The molecule has 0 aromatic heterocycles. The Hall–Kier alpha value is 3.38. The summed E-state index contributed by atoms with van der Waals surface area (Å²) >= 11 is 0. The van der Waals surface area contributed by atoms with E-state index < -0.39 is 7.82 Å².